The van der Waals surface area contributed by atoms with Crippen LogP contribution in [0.5, 0.6) is 0 Å². The van der Waals surface area contributed by atoms with Gasteiger partial charge in [-0.1, -0.05) is 19.1 Å². The highest BCUT2D eigenvalue weighted by molar-refractivity contribution is 5.91. The van der Waals surface area contributed by atoms with Gasteiger partial charge in [0.2, 0.25) is 5.91 Å². The van der Waals surface area contributed by atoms with E-state index in [-0.39, 0.29) is 24.1 Å². The SMILES string of the molecule is CCC(C)n1nccc1NC(=O)Cc1ccc([N+](=O)[O-])cc1. The van der Waals surface area contributed by atoms with E-state index in [2.05, 4.69) is 17.3 Å². The second-order valence-electron chi connectivity index (χ2n) is 5.07. The summed E-state index contributed by atoms with van der Waals surface area (Å²) in [6.45, 7) is 4.08. The molecule has 0 spiro atoms. The number of aromatic nitrogens is 2. The van der Waals surface area contributed by atoms with E-state index in [9.17, 15) is 14.9 Å². The fourth-order valence-electron chi connectivity index (χ4n) is 2.05. The number of hydrogen-bond acceptors (Lipinski definition) is 4. The summed E-state index contributed by atoms with van der Waals surface area (Å²) in [5, 5.41) is 17.6. The minimum Gasteiger partial charge on any atom is -0.311 e. The Labute approximate surface area is 128 Å². The zero-order chi connectivity index (χ0) is 16.1. The lowest BCUT2D eigenvalue weighted by molar-refractivity contribution is -0.384. The van der Waals surface area contributed by atoms with Gasteiger partial charge in [-0.25, -0.2) is 4.68 Å². The minimum atomic E-state index is -0.464. The summed E-state index contributed by atoms with van der Waals surface area (Å²) in [7, 11) is 0. The first-order valence-electron chi connectivity index (χ1n) is 7.08. The van der Waals surface area contributed by atoms with Gasteiger partial charge in [-0.2, -0.15) is 5.10 Å². The molecule has 1 atom stereocenters. The number of amides is 1. The molecule has 0 saturated heterocycles. The van der Waals surface area contributed by atoms with Gasteiger partial charge in [-0.05, 0) is 18.9 Å². The fourth-order valence-corrected chi connectivity index (χ4v) is 2.05. The molecule has 0 fully saturated rings. The van der Waals surface area contributed by atoms with E-state index >= 15 is 0 Å². The minimum absolute atomic E-state index is 0.0130. The Hall–Kier alpha value is -2.70. The van der Waals surface area contributed by atoms with E-state index in [0.717, 1.165) is 12.0 Å². The molecule has 7 nitrogen and oxygen atoms in total. The van der Waals surface area contributed by atoms with E-state index in [4.69, 9.17) is 0 Å². The molecule has 2 rings (SSSR count). The van der Waals surface area contributed by atoms with Crippen molar-refractivity contribution in [3.8, 4) is 0 Å². The molecule has 0 saturated carbocycles. The lowest BCUT2D eigenvalue weighted by Gasteiger charge is -2.14. The molecule has 22 heavy (non-hydrogen) atoms. The Bertz CT molecular complexity index is 664. The maximum atomic E-state index is 12.1. The molecule has 1 aromatic heterocycles. The van der Waals surface area contributed by atoms with Gasteiger partial charge in [0.1, 0.15) is 5.82 Å². The van der Waals surface area contributed by atoms with Crippen molar-refractivity contribution >= 4 is 17.4 Å². The number of nitro groups is 1. The first kappa shape index (κ1) is 15.7. The molecule has 1 unspecified atom stereocenters. The Balaban J connectivity index is 2.01. The monoisotopic (exact) mass is 302 g/mol. The average Bonchev–Trinajstić information content (AvgIpc) is 2.95. The van der Waals surface area contributed by atoms with Crippen molar-refractivity contribution in [3.63, 3.8) is 0 Å². The number of hydrogen-bond donors (Lipinski definition) is 1. The predicted molar refractivity (Wildman–Crippen MR) is 82.7 cm³/mol. The van der Waals surface area contributed by atoms with Crippen LogP contribution in [0.1, 0.15) is 31.9 Å². The predicted octanol–water partition coefficient (Wildman–Crippen LogP) is 2.94. The van der Waals surface area contributed by atoms with Crippen LogP contribution in [0.2, 0.25) is 0 Å². The van der Waals surface area contributed by atoms with E-state index in [1.165, 1.54) is 12.1 Å². The number of rotatable bonds is 6. The van der Waals surface area contributed by atoms with Gasteiger partial charge in [0.15, 0.2) is 0 Å². The Morgan fingerprint density at radius 1 is 1.36 bits per heavy atom. The molecule has 0 radical (unpaired) electrons. The van der Waals surface area contributed by atoms with Gasteiger partial charge >= 0.3 is 0 Å². The third kappa shape index (κ3) is 3.69. The second-order valence-corrected chi connectivity index (χ2v) is 5.07. The van der Waals surface area contributed by atoms with Crippen molar-refractivity contribution in [2.24, 2.45) is 0 Å². The van der Waals surface area contributed by atoms with Crippen LogP contribution in [0, 0.1) is 10.1 Å². The quantitative estimate of drug-likeness (QED) is 0.656. The number of nitrogens with one attached hydrogen (secondary N) is 1. The highest BCUT2D eigenvalue weighted by Gasteiger charge is 2.12. The maximum Gasteiger partial charge on any atom is 0.269 e. The summed E-state index contributed by atoms with van der Waals surface area (Å²) >= 11 is 0. The molecule has 1 amide bonds. The van der Waals surface area contributed by atoms with Gasteiger partial charge in [-0.3, -0.25) is 14.9 Å². The third-order valence-electron chi connectivity index (χ3n) is 3.46. The third-order valence-corrected chi connectivity index (χ3v) is 3.46. The summed E-state index contributed by atoms with van der Waals surface area (Å²) < 4.78 is 1.77. The zero-order valence-electron chi connectivity index (χ0n) is 12.5. The molecule has 0 bridgehead atoms. The first-order chi connectivity index (χ1) is 10.5. The molecular formula is C15H18N4O3. The van der Waals surface area contributed by atoms with Crippen LogP contribution in [-0.4, -0.2) is 20.6 Å². The van der Waals surface area contributed by atoms with Gasteiger partial charge in [-0.15, -0.1) is 0 Å². The van der Waals surface area contributed by atoms with Gasteiger partial charge < -0.3 is 5.32 Å². The fraction of sp³-hybridized carbons (Fsp3) is 0.333. The van der Waals surface area contributed by atoms with Crippen molar-refractivity contribution in [2.75, 3.05) is 5.32 Å². The van der Waals surface area contributed by atoms with Crippen LogP contribution in [0.3, 0.4) is 0 Å². The Kier molecular flexibility index (Phi) is 4.88. The van der Waals surface area contributed by atoms with Crippen LogP contribution >= 0.6 is 0 Å². The molecular weight excluding hydrogens is 284 g/mol. The number of benzene rings is 1. The summed E-state index contributed by atoms with van der Waals surface area (Å²) in [5.74, 6) is 0.472. The Morgan fingerprint density at radius 3 is 2.64 bits per heavy atom. The smallest absolute Gasteiger partial charge is 0.269 e. The van der Waals surface area contributed by atoms with E-state index in [0.29, 0.717) is 5.82 Å². The normalized spacial score (nSPS) is 11.9. The largest absolute Gasteiger partial charge is 0.311 e. The summed E-state index contributed by atoms with van der Waals surface area (Å²) in [6.07, 6.45) is 2.71. The molecule has 1 heterocycles. The van der Waals surface area contributed by atoms with E-state index in [1.54, 1.807) is 29.1 Å². The van der Waals surface area contributed by atoms with E-state index < -0.39 is 4.92 Å². The molecule has 1 aromatic carbocycles. The summed E-state index contributed by atoms with van der Waals surface area (Å²) in [5.41, 5.74) is 0.733. The number of nitro benzene ring substituents is 1. The lowest BCUT2D eigenvalue weighted by Crippen LogP contribution is -2.19. The van der Waals surface area contributed by atoms with Gasteiger partial charge in [0.25, 0.3) is 5.69 Å². The van der Waals surface area contributed by atoms with Crippen molar-refractivity contribution < 1.29 is 9.72 Å². The Morgan fingerprint density at radius 2 is 2.05 bits per heavy atom. The van der Waals surface area contributed by atoms with Gasteiger partial charge in [0, 0.05) is 18.2 Å². The highest BCUT2D eigenvalue weighted by atomic mass is 16.6. The number of carbonyl (C=O) groups is 1. The van der Waals surface area contributed by atoms with Crippen molar-refractivity contribution in [2.45, 2.75) is 32.7 Å². The number of nitrogens with zero attached hydrogens (tertiary/aromatic N) is 3. The number of non-ortho nitro benzene ring substituents is 1. The van der Waals surface area contributed by atoms with Crippen LogP contribution in [0.4, 0.5) is 11.5 Å². The van der Waals surface area contributed by atoms with Crippen molar-refractivity contribution in [3.05, 3.63) is 52.2 Å². The molecule has 1 N–H and O–H groups in total. The highest BCUT2D eigenvalue weighted by Crippen LogP contribution is 2.17. The molecule has 0 aliphatic rings. The summed E-state index contributed by atoms with van der Waals surface area (Å²) in [6, 6.07) is 7.91. The first-order valence-corrected chi connectivity index (χ1v) is 7.08. The average molecular weight is 302 g/mol. The molecule has 2 aromatic rings. The molecule has 116 valence electrons. The number of anilines is 1. The molecule has 0 aliphatic carbocycles. The van der Waals surface area contributed by atoms with Crippen molar-refractivity contribution in [1.29, 1.82) is 0 Å². The van der Waals surface area contributed by atoms with Crippen LogP contribution in [0.15, 0.2) is 36.5 Å². The van der Waals surface area contributed by atoms with Crippen LogP contribution in [0.25, 0.3) is 0 Å². The van der Waals surface area contributed by atoms with Crippen LogP contribution < -0.4 is 5.32 Å². The maximum absolute atomic E-state index is 12.1. The second kappa shape index (κ2) is 6.84. The topological polar surface area (TPSA) is 90.1 Å². The molecule has 0 aliphatic heterocycles. The summed E-state index contributed by atoms with van der Waals surface area (Å²) in [4.78, 5) is 22.2. The van der Waals surface area contributed by atoms with Crippen LogP contribution in [-0.2, 0) is 11.2 Å². The van der Waals surface area contributed by atoms with Gasteiger partial charge in [0.05, 0.1) is 23.6 Å². The lowest BCUT2D eigenvalue weighted by atomic mass is 10.1. The standard InChI is InChI=1S/C15H18N4O3/c1-3-11(2)18-14(8-9-16-18)17-15(20)10-12-4-6-13(7-5-12)19(21)22/h4-9,11H,3,10H2,1-2H3,(H,17,20). The molecule has 7 heteroatoms. The zero-order valence-corrected chi connectivity index (χ0v) is 12.5. The number of carbonyl (C=O) groups excluding carboxylic acids is 1. The van der Waals surface area contributed by atoms with E-state index in [1.807, 2.05) is 6.92 Å². The van der Waals surface area contributed by atoms with Crippen molar-refractivity contribution in [1.82, 2.24) is 9.78 Å².